The van der Waals surface area contributed by atoms with Crippen LogP contribution in [0.15, 0.2) is 0 Å². The fraction of sp³-hybridized carbons (Fsp3) is 1.00. The Bertz CT molecular complexity index is 95.8. The van der Waals surface area contributed by atoms with Crippen molar-refractivity contribution in [3.63, 3.8) is 0 Å². The van der Waals surface area contributed by atoms with Gasteiger partial charge in [0.25, 0.3) is 0 Å². The van der Waals surface area contributed by atoms with Crippen LogP contribution in [0.4, 0.5) is 0 Å². The Morgan fingerprint density at radius 2 is 1.40 bits per heavy atom. The summed E-state index contributed by atoms with van der Waals surface area (Å²) < 4.78 is 0. The number of nitrogens with one attached hydrogen (secondary N) is 1. The zero-order valence-corrected chi connectivity index (χ0v) is 9.29. The SMILES string of the molecule is CN[Si](Cl)(C(C)C)C(C)C. The first-order chi connectivity index (χ1) is 4.45. The number of hydrogen-bond donors (Lipinski definition) is 1. The van der Waals surface area contributed by atoms with Gasteiger partial charge in [-0.1, -0.05) is 27.7 Å². The van der Waals surface area contributed by atoms with Crippen LogP contribution in [0.1, 0.15) is 27.7 Å². The largest absolute Gasteiger partial charge is 0.328 e. The molecule has 0 unspecified atom stereocenters. The summed E-state index contributed by atoms with van der Waals surface area (Å²) in [5, 5.41) is 0. The zero-order valence-electron chi connectivity index (χ0n) is 7.53. The van der Waals surface area contributed by atoms with Gasteiger partial charge < -0.3 is 4.98 Å². The Hall–Kier alpha value is 0.467. The van der Waals surface area contributed by atoms with Gasteiger partial charge in [0.1, 0.15) is 0 Å². The Balaban J connectivity index is 4.23. The highest BCUT2D eigenvalue weighted by atomic mass is 35.6. The molecule has 1 nitrogen and oxygen atoms in total. The zero-order chi connectivity index (χ0) is 8.36. The van der Waals surface area contributed by atoms with Crippen LogP contribution in [0.25, 0.3) is 0 Å². The van der Waals surface area contributed by atoms with Crippen molar-refractivity contribution in [1.82, 2.24) is 4.98 Å². The molecule has 10 heavy (non-hydrogen) atoms. The Kier molecular flexibility index (Phi) is 3.92. The lowest BCUT2D eigenvalue weighted by Gasteiger charge is -2.31. The van der Waals surface area contributed by atoms with E-state index < -0.39 is 7.55 Å². The van der Waals surface area contributed by atoms with Gasteiger partial charge in [-0.3, -0.25) is 0 Å². The molecular weight excluding hydrogens is 162 g/mol. The van der Waals surface area contributed by atoms with E-state index in [0.29, 0.717) is 11.1 Å². The molecule has 1 N–H and O–H groups in total. The molecule has 0 spiro atoms. The average molecular weight is 180 g/mol. The molecule has 0 aromatic rings. The summed E-state index contributed by atoms with van der Waals surface area (Å²) in [5.74, 6) is 0. The molecule has 0 rings (SSSR count). The van der Waals surface area contributed by atoms with Crippen molar-refractivity contribution in [3.8, 4) is 0 Å². The molecule has 0 fully saturated rings. The number of halogens is 1. The van der Waals surface area contributed by atoms with Crippen LogP contribution in [0.3, 0.4) is 0 Å². The lowest BCUT2D eigenvalue weighted by atomic mass is 10.5. The van der Waals surface area contributed by atoms with Gasteiger partial charge in [-0.2, -0.15) is 0 Å². The van der Waals surface area contributed by atoms with Crippen LogP contribution in [0.5, 0.6) is 0 Å². The first-order valence-corrected chi connectivity index (χ1v) is 6.99. The van der Waals surface area contributed by atoms with Gasteiger partial charge in [0, 0.05) is 0 Å². The maximum Gasteiger partial charge on any atom is 0.231 e. The molecule has 0 aliphatic carbocycles. The van der Waals surface area contributed by atoms with Gasteiger partial charge in [0.05, 0.1) is 0 Å². The Morgan fingerprint density at radius 1 is 1.10 bits per heavy atom. The third-order valence-corrected chi connectivity index (χ3v) is 9.38. The van der Waals surface area contributed by atoms with Crippen molar-refractivity contribution in [2.45, 2.75) is 38.8 Å². The maximum absolute atomic E-state index is 6.42. The molecule has 0 aromatic carbocycles. The fourth-order valence-electron chi connectivity index (χ4n) is 1.24. The van der Waals surface area contributed by atoms with Crippen molar-refractivity contribution in [1.29, 1.82) is 0 Å². The van der Waals surface area contributed by atoms with E-state index in [1.54, 1.807) is 0 Å². The summed E-state index contributed by atoms with van der Waals surface area (Å²) in [6.45, 7) is 8.76. The van der Waals surface area contributed by atoms with E-state index in [2.05, 4.69) is 32.7 Å². The molecule has 0 radical (unpaired) electrons. The van der Waals surface area contributed by atoms with Crippen LogP contribution in [-0.4, -0.2) is 14.6 Å². The second-order valence-corrected chi connectivity index (χ2v) is 9.55. The first-order valence-electron chi connectivity index (χ1n) is 3.83. The monoisotopic (exact) mass is 179 g/mol. The van der Waals surface area contributed by atoms with Gasteiger partial charge in [-0.15, -0.1) is 11.1 Å². The highest BCUT2D eigenvalue weighted by molar-refractivity contribution is 7.20. The van der Waals surface area contributed by atoms with Gasteiger partial charge >= 0.3 is 0 Å². The molecule has 0 heterocycles. The standard InChI is InChI=1S/C7H18ClNSi/c1-6(2)10(8,9-5)7(3)4/h6-7,9H,1-5H3. The molecule has 3 heteroatoms. The third-order valence-electron chi connectivity index (χ3n) is 2.06. The molecule has 0 saturated carbocycles. The predicted molar refractivity (Wildman–Crippen MR) is 50.9 cm³/mol. The van der Waals surface area contributed by atoms with E-state index in [1.165, 1.54) is 0 Å². The van der Waals surface area contributed by atoms with E-state index >= 15 is 0 Å². The summed E-state index contributed by atoms with van der Waals surface area (Å²) in [6, 6.07) is 0. The van der Waals surface area contributed by atoms with E-state index in [1.807, 2.05) is 7.05 Å². The number of rotatable bonds is 3. The summed E-state index contributed by atoms with van der Waals surface area (Å²) in [4.78, 5) is 3.28. The molecule has 0 saturated heterocycles. The topological polar surface area (TPSA) is 12.0 Å². The minimum Gasteiger partial charge on any atom is -0.328 e. The minimum atomic E-state index is -1.66. The molecule has 0 aliphatic heterocycles. The molecule has 62 valence electrons. The highest BCUT2D eigenvalue weighted by Crippen LogP contribution is 2.32. The van der Waals surface area contributed by atoms with Crippen molar-refractivity contribution in [3.05, 3.63) is 0 Å². The van der Waals surface area contributed by atoms with Crippen LogP contribution in [-0.2, 0) is 0 Å². The molecular formula is C7H18ClNSi. The second kappa shape index (κ2) is 3.74. The highest BCUT2D eigenvalue weighted by Gasteiger charge is 2.36. The van der Waals surface area contributed by atoms with Crippen LogP contribution < -0.4 is 4.98 Å². The van der Waals surface area contributed by atoms with Crippen molar-refractivity contribution in [2.24, 2.45) is 0 Å². The molecule has 0 aromatic heterocycles. The first kappa shape index (κ1) is 10.5. The van der Waals surface area contributed by atoms with Crippen molar-refractivity contribution < 1.29 is 0 Å². The van der Waals surface area contributed by atoms with E-state index in [-0.39, 0.29) is 0 Å². The van der Waals surface area contributed by atoms with Gasteiger partial charge in [0.2, 0.25) is 7.55 Å². The summed E-state index contributed by atoms with van der Waals surface area (Å²) in [5.41, 5.74) is 1.19. The van der Waals surface area contributed by atoms with Gasteiger partial charge in [-0.25, -0.2) is 0 Å². The van der Waals surface area contributed by atoms with Crippen LogP contribution in [0, 0.1) is 0 Å². The van der Waals surface area contributed by atoms with Crippen LogP contribution >= 0.6 is 11.1 Å². The molecule has 0 atom stereocenters. The van der Waals surface area contributed by atoms with E-state index in [4.69, 9.17) is 11.1 Å². The number of hydrogen-bond acceptors (Lipinski definition) is 1. The van der Waals surface area contributed by atoms with Crippen LogP contribution in [0.2, 0.25) is 11.1 Å². The Labute approximate surface area is 69.9 Å². The van der Waals surface area contributed by atoms with E-state index in [0.717, 1.165) is 0 Å². The maximum atomic E-state index is 6.42. The predicted octanol–water partition coefficient (Wildman–Crippen LogP) is 2.71. The Morgan fingerprint density at radius 3 is 1.40 bits per heavy atom. The third kappa shape index (κ3) is 1.97. The second-order valence-electron chi connectivity index (χ2n) is 3.33. The lowest BCUT2D eigenvalue weighted by molar-refractivity contribution is 0.874. The average Bonchev–Trinajstić information content (AvgIpc) is 1.85. The quantitative estimate of drug-likeness (QED) is 0.519. The normalized spacial score (nSPS) is 13.2. The fourth-order valence-corrected chi connectivity index (χ4v) is 3.73. The van der Waals surface area contributed by atoms with Crippen molar-refractivity contribution in [2.75, 3.05) is 7.05 Å². The summed E-state index contributed by atoms with van der Waals surface area (Å²) in [7, 11) is 0.316. The molecule has 0 aliphatic rings. The minimum absolute atomic E-state index is 0.596. The molecule has 0 bridgehead atoms. The summed E-state index contributed by atoms with van der Waals surface area (Å²) in [6.07, 6.45) is 0. The smallest absolute Gasteiger partial charge is 0.231 e. The molecule has 0 amide bonds. The van der Waals surface area contributed by atoms with E-state index in [9.17, 15) is 0 Å². The van der Waals surface area contributed by atoms with Crippen molar-refractivity contribution >= 4 is 18.6 Å². The summed E-state index contributed by atoms with van der Waals surface area (Å²) >= 11 is 6.42. The van der Waals surface area contributed by atoms with Gasteiger partial charge in [0.15, 0.2) is 0 Å². The lowest BCUT2D eigenvalue weighted by Crippen LogP contribution is -2.48. The van der Waals surface area contributed by atoms with Gasteiger partial charge in [-0.05, 0) is 18.1 Å².